The minimum Gasteiger partial charge on any atom is -0.286 e. The zero-order valence-corrected chi connectivity index (χ0v) is 11.8. The lowest BCUT2D eigenvalue weighted by atomic mass is 9.99. The van der Waals surface area contributed by atoms with Gasteiger partial charge in [-0.05, 0) is 11.1 Å². The lowest BCUT2D eigenvalue weighted by molar-refractivity contribution is 0.442. The highest BCUT2D eigenvalue weighted by Gasteiger charge is 2.39. The van der Waals surface area contributed by atoms with Gasteiger partial charge >= 0.3 is 0 Å². The van der Waals surface area contributed by atoms with Crippen molar-refractivity contribution < 1.29 is 0 Å². The number of rotatable bonds is 4. The quantitative estimate of drug-likeness (QED) is 0.612. The first-order chi connectivity index (χ1) is 8.90. The molecule has 1 fully saturated rings. The molecule has 2 aromatic rings. The van der Waals surface area contributed by atoms with Crippen LogP contribution in [0.4, 0.5) is 0 Å². The summed E-state index contributed by atoms with van der Waals surface area (Å²) in [4.78, 5) is 2.54. The first-order valence-electron chi connectivity index (χ1n) is 6.32. The van der Waals surface area contributed by atoms with Gasteiger partial charge in [0.05, 0.1) is 6.04 Å². The second kappa shape index (κ2) is 5.25. The lowest BCUT2D eigenvalue weighted by Gasteiger charge is -2.20. The van der Waals surface area contributed by atoms with Gasteiger partial charge in [0.15, 0.2) is 0 Å². The number of halogens is 1. The highest BCUT2D eigenvalue weighted by Crippen LogP contribution is 2.37. The molecule has 2 aromatic carbocycles. The van der Waals surface area contributed by atoms with Crippen molar-refractivity contribution in [3.05, 3.63) is 71.8 Å². The molecule has 1 aliphatic rings. The standard InChI is InChI=1S/C16H16BrN/c17-11-15-12-18(15)16(13-7-3-1-4-8-13)14-9-5-2-6-10-14/h1-10,15-16H,11-12H2. The highest BCUT2D eigenvalue weighted by atomic mass is 79.9. The number of benzene rings is 2. The van der Waals surface area contributed by atoms with Crippen molar-refractivity contribution >= 4 is 15.9 Å². The summed E-state index contributed by atoms with van der Waals surface area (Å²) in [6, 6.07) is 22.6. The molecular weight excluding hydrogens is 286 g/mol. The smallest absolute Gasteiger partial charge is 0.0605 e. The third-order valence-electron chi connectivity index (χ3n) is 3.50. The normalized spacial score (nSPS) is 22.1. The maximum atomic E-state index is 3.59. The van der Waals surface area contributed by atoms with Gasteiger partial charge in [0, 0.05) is 17.9 Å². The van der Waals surface area contributed by atoms with Gasteiger partial charge in [-0.2, -0.15) is 0 Å². The summed E-state index contributed by atoms with van der Waals surface area (Å²) in [5.41, 5.74) is 2.76. The van der Waals surface area contributed by atoms with Gasteiger partial charge < -0.3 is 0 Å². The summed E-state index contributed by atoms with van der Waals surface area (Å²) in [6.45, 7) is 1.18. The van der Waals surface area contributed by atoms with E-state index < -0.39 is 0 Å². The van der Waals surface area contributed by atoms with Gasteiger partial charge in [0.2, 0.25) is 0 Å². The van der Waals surface area contributed by atoms with Crippen LogP contribution in [-0.4, -0.2) is 22.8 Å². The van der Waals surface area contributed by atoms with Crippen molar-refractivity contribution in [3.63, 3.8) is 0 Å². The molecule has 0 aliphatic carbocycles. The Bertz CT molecular complexity index is 458. The topological polar surface area (TPSA) is 3.01 Å². The first kappa shape index (κ1) is 11.9. The van der Waals surface area contributed by atoms with Crippen LogP contribution in [0.3, 0.4) is 0 Å². The van der Waals surface area contributed by atoms with Crippen molar-refractivity contribution in [2.45, 2.75) is 12.1 Å². The van der Waals surface area contributed by atoms with Crippen LogP contribution in [-0.2, 0) is 0 Å². The molecular formula is C16H16BrN. The monoisotopic (exact) mass is 301 g/mol. The van der Waals surface area contributed by atoms with Crippen LogP contribution in [0.1, 0.15) is 17.2 Å². The molecule has 1 saturated heterocycles. The zero-order valence-electron chi connectivity index (χ0n) is 10.2. The molecule has 0 spiro atoms. The van der Waals surface area contributed by atoms with E-state index >= 15 is 0 Å². The Morgan fingerprint density at radius 2 is 1.44 bits per heavy atom. The Kier molecular flexibility index (Phi) is 3.48. The Morgan fingerprint density at radius 3 is 1.83 bits per heavy atom. The van der Waals surface area contributed by atoms with Gasteiger partial charge in [-0.3, -0.25) is 4.90 Å². The van der Waals surface area contributed by atoms with Crippen molar-refractivity contribution in [2.24, 2.45) is 0 Å². The molecule has 3 rings (SSSR count). The predicted octanol–water partition coefficient (Wildman–Crippen LogP) is 3.86. The third kappa shape index (κ3) is 2.36. The average Bonchev–Trinajstić information content (AvgIpc) is 3.21. The number of alkyl halides is 1. The van der Waals surface area contributed by atoms with E-state index in [2.05, 4.69) is 81.5 Å². The fourth-order valence-electron chi connectivity index (χ4n) is 2.50. The van der Waals surface area contributed by atoms with Crippen LogP contribution in [0.5, 0.6) is 0 Å². The van der Waals surface area contributed by atoms with Gasteiger partial charge in [0.25, 0.3) is 0 Å². The minimum atomic E-state index is 0.398. The molecule has 2 unspecified atom stereocenters. The largest absolute Gasteiger partial charge is 0.286 e. The van der Waals surface area contributed by atoms with E-state index in [0.29, 0.717) is 12.1 Å². The van der Waals surface area contributed by atoms with Crippen molar-refractivity contribution in [1.82, 2.24) is 4.90 Å². The summed E-state index contributed by atoms with van der Waals surface area (Å²) >= 11 is 3.59. The summed E-state index contributed by atoms with van der Waals surface area (Å²) in [5, 5.41) is 1.06. The molecule has 1 heterocycles. The molecule has 2 heteroatoms. The van der Waals surface area contributed by atoms with E-state index in [-0.39, 0.29) is 0 Å². The van der Waals surface area contributed by atoms with E-state index in [9.17, 15) is 0 Å². The Morgan fingerprint density at radius 1 is 0.944 bits per heavy atom. The SMILES string of the molecule is BrCC1CN1C(c1ccccc1)c1ccccc1. The fourth-order valence-corrected chi connectivity index (χ4v) is 3.07. The molecule has 92 valence electrons. The molecule has 18 heavy (non-hydrogen) atoms. The summed E-state index contributed by atoms with van der Waals surface area (Å²) in [5.74, 6) is 0. The van der Waals surface area contributed by atoms with E-state index in [1.54, 1.807) is 0 Å². The number of nitrogens with zero attached hydrogens (tertiary/aromatic N) is 1. The zero-order chi connectivity index (χ0) is 12.4. The van der Waals surface area contributed by atoms with Crippen LogP contribution in [0, 0.1) is 0 Å². The summed E-state index contributed by atoms with van der Waals surface area (Å²) < 4.78 is 0. The van der Waals surface area contributed by atoms with E-state index in [1.165, 1.54) is 17.7 Å². The molecule has 0 N–H and O–H groups in total. The van der Waals surface area contributed by atoms with E-state index in [1.807, 2.05) is 0 Å². The van der Waals surface area contributed by atoms with Gasteiger partial charge in [-0.1, -0.05) is 76.6 Å². The fraction of sp³-hybridized carbons (Fsp3) is 0.250. The lowest BCUT2D eigenvalue weighted by Crippen LogP contribution is -2.14. The van der Waals surface area contributed by atoms with E-state index in [4.69, 9.17) is 0 Å². The van der Waals surface area contributed by atoms with Gasteiger partial charge in [-0.15, -0.1) is 0 Å². The maximum absolute atomic E-state index is 3.59. The molecule has 0 radical (unpaired) electrons. The van der Waals surface area contributed by atoms with Crippen LogP contribution < -0.4 is 0 Å². The molecule has 0 amide bonds. The molecule has 0 saturated carbocycles. The van der Waals surface area contributed by atoms with Crippen LogP contribution in [0.2, 0.25) is 0 Å². The maximum Gasteiger partial charge on any atom is 0.0605 e. The molecule has 1 aliphatic heterocycles. The Labute approximate surface area is 117 Å². The molecule has 0 aromatic heterocycles. The average molecular weight is 302 g/mol. The van der Waals surface area contributed by atoms with Crippen molar-refractivity contribution in [3.8, 4) is 0 Å². The summed E-state index contributed by atoms with van der Waals surface area (Å²) in [7, 11) is 0. The Hall–Kier alpha value is -1.12. The molecule has 2 atom stereocenters. The third-order valence-corrected chi connectivity index (χ3v) is 4.24. The Balaban J connectivity index is 1.95. The van der Waals surface area contributed by atoms with Crippen LogP contribution >= 0.6 is 15.9 Å². The van der Waals surface area contributed by atoms with Crippen molar-refractivity contribution in [1.29, 1.82) is 0 Å². The van der Waals surface area contributed by atoms with Gasteiger partial charge in [-0.25, -0.2) is 0 Å². The second-order valence-corrected chi connectivity index (χ2v) is 5.38. The second-order valence-electron chi connectivity index (χ2n) is 4.73. The first-order valence-corrected chi connectivity index (χ1v) is 7.44. The highest BCUT2D eigenvalue weighted by molar-refractivity contribution is 9.09. The van der Waals surface area contributed by atoms with Crippen molar-refractivity contribution in [2.75, 3.05) is 11.9 Å². The molecule has 0 bridgehead atoms. The van der Waals surface area contributed by atoms with Crippen LogP contribution in [0.25, 0.3) is 0 Å². The summed E-state index contributed by atoms with van der Waals surface area (Å²) in [6.07, 6.45) is 0. The number of hydrogen-bond donors (Lipinski definition) is 0. The van der Waals surface area contributed by atoms with E-state index in [0.717, 1.165) is 5.33 Å². The predicted molar refractivity (Wildman–Crippen MR) is 79.0 cm³/mol. The van der Waals surface area contributed by atoms with Crippen LogP contribution in [0.15, 0.2) is 60.7 Å². The number of hydrogen-bond acceptors (Lipinski definition) is 1. The molecule has 1 nitrogen and oxygen atoms in total. The van der Waals surface area contributed by atoms with Gasteiger partial charge in [0.1, 0.15) is 0 Å². The minimum absolute atomic E-state index is 0.398.